The summed E-state index contributed by atoms with van der Waals surface area (Å²) in [6, 6.07) is 5.06. The van der Waals surface area contributed by atoms with Gasteiger partial charge in [-0.25, -0.2) is 4.79 Å². The SMILES string of the molecule is COc1cc(/C=C2/SC(=S)N(CCCN3CCOCC3)C2=O)ccc1OCC(=O)O. The van der Waals surface area contributed by atoms with Crippen LogP contribution in [-0.4, -0.2) is 84.2 Å². The fourth-order valence-corrected chi connectivity index (χ4v) is 4.46. The van der Waals surface area contributed by atoms with Gasteiger partial charge in [0.2, 0.25) is 0 Å². The van der Waals surface area contributed by atoms with Crippen LogP contribution in [0.2, 0.25) is 0 Å². The zero-order valence-corrected chi connectivity index (χ0v) is 18.3. The summed E-state index contributed by atoms with van der Waals surface area (Å²) in [5, 5.41) is 8.76. The molecule has 30 heavy (non-hydrogen) atoms. The van der Waals surface area contributed by atoms with Gasteiger partial charge in [0, 0.05) is 26.2 Å². The minimum absolute atomic E-state index is 0.0999. The second-order valence-electron chi connectivity index (χ2n) is 6.73. The lowest BCUT2D eigenvalue weighted by atomic mass is 10.2. The van der Waals surface area contributed by atoms with Crippen LogP contribution in [0.1, 0.15) is 12.0 Å². The molecule has 1 amide bonds. The quantitative estimate of drug-likeness (QED) is 0.447. The van der Waals surface area contributed by atoms with Gasteiger partial charge in [-0.1, -0.05) is 30.0 Å². The van der Waals surface area contributed by atoms with Crippen LogP contribution in [0.25, 0.3) is 6.08 Å². The fourth-order valence-electron chi connectivity index (χ4n) is 3.15. The molecule has 0 aromatic heterocycles. The summed E-state index contributed by atoms with van der Waals surface area (Å²) in [7, 11) is 1.47. The van der Waals surface area contributed by atoms with Crippen molar-refractivity contribution in [3.05, 3.63) is 28.7 Å². The van der Waals surface area contributed by atoms with Crippen molar-refractivity contribution in [1.29, 1.82) is 0 Å². The van der Waals surface area contributed by atoms with E-state index < -0.39 is 12.6 Å². The first-order valence-corrected chi connectivity index (χ1v) is 10.8. The van der Waals surface area contributed by atoms with Gasteiger partial charge >= 0.3 is 5.97 Å². The van der Waals surface area contributed by atoms with E-state index in [1.54, 1.807) is 29.2 Å². The second kappa shape index (κ2) is 10.8. The number of hydrogen-bond acceptors (Lipinski definition) is 8. The molecule has 0 unspecified atom stereocenters. The molecular formula is C20H24N2O6S2. The van der Waals surface area contributed by atoms with E-state index in [4.69, 9.17) is 31.5 Å². The van der Waals surface area contributed by atoms with Crippen LogP contribution in [0, 0.1) is 0 Å². The van der Waals surface area contributed by atoms with Gasteiger partial charge in [-0.15, -0.1) is 0 Å². The summed E-state index contributed by atoms with van der Waals surface area (Å²) in [4.78, 5) is 28.0. The number of thiocarbonyl (C=S) groups is 1. The Bertz CT molecular complexity index is 839. The van der Waals surface area contributed by atoms with E-state index in [2.05, 4.69) is 4.90 Å². The number of carbonyl (C=O) groups is 2. The molecule has 0 bridgehead atoms. The van der Waals surface area contributed by atoms with Crippen molar-refractivity contribution in [3.8, 4) is 11.5 Å². The van der Waals surface area contributed by atoms with Crippen molar-refractivity contribution < 1.29 is 28.9 Å². The van der Waals surface area contributed by atoms with Crippen molar-refractivity contribution in [2.24, 2.45) is 0 Å². The van der Waals surface area contributed by atoms with E-state index in [9.17, 15) is 9.59 Å². The normalized spacial score (nSPS) is 18.8. The van der Waals surface area contributed by atoms with E-state index in [0.29, 0.717) is 27.3 Å². The highest BCUT2D eigenvalue weighted by Crippen LogP contribution is 2.34. The Morgan fingerprint density at radius 1 is 1.30 bits per heavy atom. The average molecular weight is 453 g/mol. The first kappa shape index (κ1) is 22.5. The number of carboxylic acids is 1. The number of ether oxygens (including phenoxy) is 3. The Morgan fingerprint density at radius 2 is 2.07 bits per heavy atom. The lowest BCUT2D eigenvalue weighted by Crippen LogP contribution is -2.38. The zero-order valence-electron chi connectivity index (χ0n) is 16.7. The lowest BCUT2D eigenvalue weighted by Gasteiger charge is -2.27. The van der Waals surface area contributed by atoms with Crippen LogP contribution in [0.5, 0.6) is 11.5 Å². The molecule has 10 heteroatoms. The summed E-state index contributed by atoms with van der Waals surface area (Å²) in [5.74, 6) is -0.450. The van der Waals surface area contributed by atoms with Crippen LogP contribution in [0.3, 0.4) is 0 Å². The predicted molar refractivity (Wildman–Crippen MR) is 118 cm³/mol. The Hall–Kier alpha value is -2.14. The number of rotatable bonds is 9. The zero-order chi connectivity index (χ0) is 21.5. The standard InChI is InChI=1S/C20H24N2O6S2/c1-26-16-11-14(3-4-15(16)28-13-18(23)24)12-17-19(25)22(20(29)30-17)6-2-5-21-7-9-27-10-8-21/h3-4,11-12H,2,5-10,13H2,1H3,(H,23,24)/b17-12+. The molecule has 0 atom stereocenters. The third-order valence-corrected chi connectivity index (χ3v) is 6.05. The van der Waals surface area contributed by atoms with Crippen molar-refractivity contribution in [1.82, 2.24) is 9.80 Å². The lowest BCUT2D eigenvalue weighted by molar-refractivity contribution is -0.139. The molecule has 162 valence electrons. The van der Waals surface area contributed by atoms with Crippen LogP contribution in [0.15, 0.2) is 23.1 Å². The highest BCUT2D eigenvalue weighted by atomic mass is 32.2. The number of nitrogens with zero attached hydrogens (tertiary/aromatic N) is 2. The molecule has 8 nitrogen and oxygen atoms in total. The molecule has 1 N–H and O–H groups in total. The second-order valence-corrected chi connectivity index (χ2v) is 8.41. The smallest absolute Gasteiger partial charge is 0.341 e. The first-order valence-electron chi connectivity index (χ1n) is 9.56. The number of benzene rings is 1. The number of carbonyl (C=O) groups excluding carboxylic acids is 1. The molecule has 3 rings (SSSR count). The average Bonchev–Trinajstić information content (AvgIpc) is 3.00. The molecule has 2 aliphatic rings. The highest BCUT2D eigenvalue weighted by molar-refractivity contribution is 8.26. The number of amides is 1. The molecule has 2 heterocycles. The maximum Gasteiger partial charge on any atom is 0.341 e. The van der Waals surface area contributed by atoms with Gasteiger partial charge in [0.15, 0.2) is 18.1 Å². The molecule has 2 fully saturated rings. The third-order valence-electron chi connectivity index (χ3n) is 4.67. The van der Waals surface area contributed by atoms with Crippen molar-refractivity contribution in [2.75, 3.05) is 53.1 Å². The monoisotopic (exact) mass is 452 g/mol. The minimum Gasteiger partial charge on any atom is -0.493 e. The molecule has 0 saturated carbocycles. The van der Waals surface area contributed by atoms with E-state index in [-0.39, 0.29) is 5.91 Å². The maximum atomic E-state index is 12.8. The van der Waals surface area contributed by atoms with E-state index in [0.717, 1.165) is 44.8 Å². The summed E-state index contributed by atoms with van der Waals surface area (Å²) in [5.41, 5.74) is 0.739. The Kier molecular flexibility index (Phi) is 8.08. The summed E-state index contributed by atoms with van der Waals surface area (Å²) in [6.45, 7) is 4.40. The Labute approximate surface area is 184 Å². The van der Waals surface area contributed by atoms with Gasteiger partial charge in [-0.3, -0.25) is 14.6 Å². The Balaban J connectivity index is 1.62. The molecule has 0 spiro atoms. The molecule has 0 aliphatic carbocycles. The third kappa shape index (κ3) is 5.94. The maximum absolute atomic E-state index is 12.8. The predicted octanol–water partition coefficient (Wildman–Crippen LogP) is 2.08. The largest absolute Gasteiger partial charge is 0.493 e. The minimum atomic E-state index is -1.07. The molecule has 1 aromatic carbocycles. The molecule has 1 aromatic rings. The van der Waals surface area contributed by atoms with Gasteiger partial charge in [0.1, 0.15) is 4.32 Å². The molecular weight excluding hydrogens is 428 g/mol. The number of aliphatic carboxylic acids is 1. The number of carboxylic acid groups (broad SMARTS) is 1. The first-order chi connectivity index (χ1) is 14.5. The van der Waals surface area contributed by atoms with E-state index in [1.807, 2.05) is 0 Å². The van der Waals surface area contributed by atoms with Crippen LogP contribution < -0.4 is 9.47 Å². The molecule has 2 aliphatic heterocycles. The number of hydrogen-bond donors (Lipinski definition) is 1. The van der Waals surface area contributed by atoms with Crippen molar-refractivity contribution in [3.63, 3.8) is 0 Å². The summed E-state index contributed by atoms with van der Waals surface area (Å²) < 4.78 is 16.4. The Morgan fingerprint density at radius 3 is 2.77 bits per heavy atom. The van der Waals surface area contributed by atoms with E-state index in [1.165, 1.54) is 18.9 Å². The van der Waals surface area contributed by atoms with Crippen molar-refractivity contribution >= 4 is 46.3 Å². The van der Waals surface area contributed by atoms with E-state index >= 15 is 0 Å². The topological polar surface area (TPSA) is 88.5 Å². The number of morpholine rings is 1. The van der Waals surface area contributed by atoms with Gasteiger partial charge in [0.25, 0.3) is 5.91 Å². The molecule has 2 saturated heterocycles. The number of thioether (sulfide) groups is 1. The van der Waals surface area contributed by atoms with Crippen LogP contribution in [0.4, 0.5) is 0 Å². The van der Waals surface area contributed by atoms with Crippen LogP contribution in [-0.2, 0) is 14.3 Å². The molecule has 0 radical (unpaired) electrons. The summed E-state index contributed by atoms with van der Waals surface area (Å²) in [6.07, 6.45) is 2.61. The van der Waals surface area contributed by atoms with Gasteiger partial charge < -0.3 is 19.3 Å². The fraction of sp³-hybridized carbons (Fsp3) is 0.450. The van der Waals surface area contributed by atoms with Gasteiger partial charge in [0.05, 0.1) is 25.2 Å². The van der Waals surface area contributed by atoms with Crippen LogP contribution >= 0.6 is 24.0 Å². The van der Waals surface area contributed by atoms with Gasteiger partial charge in [-0.05, 0) is 30.2 Å². The summed E-state index contributed by atoms with van der Waals surface area (Å²) >= 11 is 6.68. The number of methoxy groups -OCH3 is 1. The van der Waals surface area contributed by atoms with Gasteiger partial charge in [-0.2, -0.15) is 0 Å². The van der Waals surface area contributed by atoms with Crippen molar-refractivity contribution in [2.45, 2.75) is 6.42 Å². The highest BCUT2D eigenvalue weighted by Gasteiger charge is 2.31.